The van der Waals surface area contributed by atoms with E-state index in [1.54, 1.807) is 0 Å². The lowest BCUT2D eigenvalue weighted by Gasteiger charge is -2.28. The van der Waals surface area contributed by atoms with E-state index in [2.05, 4.69) is 4.52 Å². The fourth-order valence-electron chi connectivity index (χ4n) is 1.77. The predicted molar refractivity (Wildman–Crippen MR) is 56.2 cm³/mol. The molecule has 10 heteroatoms. The zero-order valence-corrected chi connectivity index (χ0v) is 10.4. The van der Waals surface area contributed by atoms with E-state index in [1.807, 2.05) is 5.32 Å². The number of hydrogen-bond donors (Lipinski definition) is 5. The molecule has 0 saturated carbocycles. The van der Waals surface area contributed by atoms with E-state index in [1.165, 1.54) is 6.92 Å². The summed E-state index contributed by atoms with van der Waals surface area (Å²) in [6.45, 7) is 0.163. The first-order valence-electron chi connectivity index (χ1n) is 5.27. The molecule has 1 aliphatic heterocycles. The van der Waals surface area contributed by atoms with Crippen LogP contribution in [-0.2, 0) is 9.09 Å². The molecule has 1 saturated heterocycles. The smallest absolute Gasteiger partial charge is 0.395 e. The Balaban J connectivity index is 2.96. The van der Waals surface area contributed by atoms with Crippen molar-refractivity contribution < 1.29 is 38.1 Å². The fourth-order valence-corrected chi connectivity index (χ4v) is 2.87. The van der Waals surface area contributed by atoms with Crippen LogP contribution >= 0.6 is 7.60 Å². The van der Waals surface area contributed by atoms with Crippen molar-refractivity contribution in [3.05, 3.63) is 0 Å². The van der Waals surface area contributed by atoms with Gasteiger partial charge in [-0.2, -0.15) is 8.78 Å². The van der Waals surface area contributed by atoms with Crippen molar-refractivity contribution >= 4 is 7.60 Å². The lowest BCUT2D eigenvalue weighted by molar-refractivity contribution is -0.0434. The Morgan fingerprint density at radius 3 is 2.33 bits per heavy atom. The summed E-state index contributed by atoms with van der Waals surface area (Å²) in [6, 6.07) is -3.37. The summed E-state index contributed by atoms with van der Waals surface area (Å²) in [7, 11) is -5.29. The zero-order chi connectivity index (χ0) is 14.1. The van der Waals surface area contributed by atoms with Gasteiger partial charge in [0, 0.05) is 0 Å². The Bertz CT molecular complexity index is 344. The zero-order valence-electron chi connectivity index (χ0n) is 9.53. The molecule has 0 aromatic heterocycles. The van der Waals surface area contributed by atoms with Gasteiger partial charge in [-0.3, -0.25) is 9.88 Å². The van der Waals surface area contributed by atoms with Crippen molar-refractivity contribution in [1.82, 2.24) is 5.32 Å². The van der Waals surface area contributed by atoms with Crippen molar-refractivity contribution in [2.75, 3.05) is 13.2 Å². The molecule has 1 heterocycles. The van der Waals surface area contributed by atoms with Crippen LogP contribution in [0.3, 0.4) is 0 Å². The lowest BCUT2D eigenvalue weighted by Crippen LogP contribution is -2.48. The number of alkyl halides is 2. The molecule has 1 unspecified atom stereocenters. The molecule has 1 fully saturated rings. The van der Waals surface area contributed by atoms with Crippen molar-refractivity contribution in [3.63, 3.8) is 0 Å². The Kier molecular flexibility index (Phi) is 4.82. The molecule has 0 radical (unpaired) electrons. The summed E-state index contributed by atoms with van der Waals surface area (Å²) in [5.41, 5.74) is -4.28. The van der Waals surface area contributed by atoms with Gasteiger partial charge in [0.25, 0.3) is 0 Å². The van der Waals surface area contributed by atoms with E-state index in [-0.39, 0.29) is 0 Å². The summed E-state index contributed by atoms with van der Waals surface area (Å²) in [4.78, 5) is 9.15. The summed E-state index contributed by atoms with van der Waals surface area (Å²) in [6.07, 6.45) is -3.65. The average molecular weight is 291 g/mol. The Morgan fingerprint density at radius 2 is 1.94 bits per heavy atom. The van der Waals surface area contributed by atoms with Gasteiger partial charge < -0.3 is 24.7 Å². The van der Waals surface area contributed by atoms with E-state index in [4.69, 9.17) is 10.00 Å². The molecule has 5 atom stereocenters. The standard InChI is InChI=1S/C8H16F2NO6P/c1-2-17-18(15,16)8(9,10)7-6(14)5(13)4(3-12)11-7/h4-7,11-14H,2-3H2,1H3,(H,15,16)/t4-,5-,6+,7-/m1/s1. The van der Waals surface area contributed by atoms with Gasteiger partial charge in [0.1, 0.15) is 12.1 Å². The van der Waals surface area contributed by atoms with Gasteiger partial charge in [0.2, 0.25) is 0 Å². The molecule has 1 aliphatic rings. The maximum atomic E-state index is 13.8. The molecule has 0 amide bonds. The maximum Gasteiger partial charge on any atom is 0.398 e. The molecule has 18 heavy (non-hydrogen) atoms. The Labute approximate surface area is 102 Å². The summed E-state index contributed by atoms with van der Waals surface area (Å²) in [5.74, 6) is 0. The molecular weight excluding hydrogens is 275 g/mol. The van der Waals surface area contributed by atoms with Crippen molar-refractivity contribution in [2.24, 2.45) is 0 Å². The molecule has 108 valence electrons. The highest BCUT2D eigenvalue weighted by atomic mass is 31.2. The number of hydrogen-bond acceptors (Lipinski definition) is 6. The molecular formula is C8H16F2NO6P. The van der Waals surface area contributed by atoms with Gasteiger partial charge in [-0.1, -0.05) is 0 Å². The number of rotatable bonds is 5. The third-order valence-corrected chi connectivity index (χ3v) is 4.39. The van der Waals surface area contributed by atoms with Crippen LogP contribution in [0.4, 0.5) is 8.78 Å². The minimum Gasteiger partial charge on any atom is -0.395 e. The van der Waals surface area contributed by atoms with Gasteiger partial charge in [0.15, 0.2) is 0 Å². The minimum absolute atomic E-state index is 0.405. The second-order valence-electron chi connectivity index (χ2n) is 3.94. The Hall–Kier alpha value is -0.150. The molecule has 7 nitrogen and oxygen atoms in total. The highest BCUT2D eigenvalue weighted by Crippen LogP contribution is 2.60. The summed E-state index contributed by atoms with van der Waals surface area (Å²) < 4.78 is 43.0. The minimum atomic E-state index is -5.29. The van der Waals surface area contributed by atoms with Gasteiger partial charge in [-0.25, -0.2) is 0 Å². The monoisotopic (exact) mass is 291 g/mol. The van der Waals surface area contributed by atoms with Gasteiger partial charge in [-0.05, 0) is 6.92 Å². The maximum absolute atomic E-state index is 13.8. The second-order valence-corrected chi connectivity index (χ2v) is 5.84. The summed E-state index contributed by atoms with van der Waals surface area (Å²) >= 11 is 0. The first-order valence-corrected chi connectivity index (χ1v) is 6.85. The quantitative estimate of drug-likeness (QED) is 0.406. The van der Waals surface area contributed by atoms with E-state index in [0.29, 0.717) is 0 Å². The number of aliphatic hydroxyl groups excluding tert-OH is 3. The Morgan fingerprint density at radius 1 is 1.39 bits per heavy atom. The first kappa shape index (κ1) is 15.9. The van der Waals surface area contributed by atoms with Crippen molar-refractivity contribution in [3.8, 4) is 0 Å². The predicted octanol–water partition coefficient (Wildman–Crippen LogP) is -1.14. The first-order chi connectivity index (χ1) is 8.19. The lowest BCUT2D eigenvalue weighted by atomic mass is 10.1. The third-order valence-electron chi connectivity index (χ3n) is 2.75. The van der Waals surface area contributed by atoms with E-state index in [0.717, 1.165) is 0 Å². The topological polar surface area (TPSA) is 119 Å². The van der Waals surface area contributed by atoms with E-state index < -0.39 is 50.8 Å². The van der Waals surface area contributed by atoms with Crippen LogP contribution in [-0.4, -0.2) is 63.4 Å². The highest BCUT2D eigenvalue weighted by molar-refractivity contribution is 7.54. The number of aliphatic hydroxyl groups is 3. The van der Waals surface area contributed by atoms with Crippen molar-refractivity contribution in [1.29, 1.82) is 0 Å². The van der Waals surface area contributed by atoms with Crippen LogP contribution in [0.1, 0.15) is 6.92 Å². The van der Waals surface area contributed by atoms with Crippen LogP contribution < -0.4 is 5.32 Å². The van der Waals surface area contributed by atoms with Crippen LogP contribution in [0.5, 0.6) is 0 Å². The molecule has 0 aromatic carbocycles. The molecule has 0 bridgehead atoms. The normalized spacial score (nSPS) is 36.6. The number of halogens is 2. The average Bonchev–Trinajstić information content (AvgIpc) is 2.56. The number of nitrogens with one attached hydrogen (secondary N) is 1. The van der Waals surface area contributed by atoms with Crippen LogP contribution in [0, 0.1) is 0 Å². The SMILES string of the molecule is CCOP(=O)(O)C(F)(F)[C@@H]1N[C@H](CO)[C@@H](O)[C@@H]1O. The van der Waals surface area contributed by atoms with Gasteiger partial charge in [-0.15, -0.1) is 0 Å². The molecule has 0 aromatic rings. The largest absolute Gasteiger partial charge is 0.398 e. The second kappa shape index (κ2) is 5.46. The molecule has 0 aliphatic carbocycles. The molecule has 0 spiro atoms. The van der Waals surface area contributed by atoms with Crippen molar-refractivity contribution in [2.45, 2.75) is 36.9 Å². The van der Waals surface area contributed by atoms with E-state index in [9.17, 15) is 23.6 Å². The fraction of sp³-hybridized carbons (Fsp3) is 1.00. The molecule has 1 rings (SSSR count). The van der Waals surface area contributed by atoms with Gasteiger partial charge in [0.05, 0.1) is 25.4 Å². The van der Waals surface area contributed by atoms with Crippen LogP contribution in [0.15, 0.2) is 0 Å². The van der Waals surface area contributed by atoms with E-state index >= 15 is 0 Å². The third kappa shape index (κ3) is 2.57. The van der Waals surface area contributed by atoms with Crippen LogP contribution in [0.25, 0.3) is 0 Å². The highest BCUT2D eigenvalue weighted by Gasteiger charge is 2.63. The molecule has 5 N–H and O–H groups in total. The van der Waals surface area contributed by atoms with Gasteiger partial charge >= 0.3 is 13.3 Å². The van der Waals surface area contributed by atoms with Crippen LogP contribution in [0.2, 0.25) is 0 Å². The summed E-state index contributed by atoms with van der Waals surface area (Å²) in [5, 5.41) is 29.6.